The third kappa shape index (κ3) is 2.81. The lowest BCUT2D eigenvalue weighted by molar-refractivity contribution is -0.117. The summed E-state index contributed by atoms with van der Waals surface area (Å²) in [6, 6.07) is 7.79. The fourth-order valence-corrected chi connectivity index (χ4v) is 3.16. The van der Waals surface area contributed by atoms with Crippen molar-refractivity contribution in [2.75, 3.05) is 17.6 Å². The standard InChI is InChI=1S/C14H16N4OS/c1-9-2-4-10(5-3-9)16-13(19)8-18-6-11-12(7-18)20-14(15)17-11/h2-5H,6-8H2,1H3,(H2,15,17)(H,16,19). The average Bonchev–Trinajstić information content (AvgIpc) is 2.88. The summed E-state index contributed by atoms with van der Waals surface area (Å²) in [6.45, 7) is 3.85. The van der Waals surface area contributed by atoms with E-state index in [0.717, 1.165) is 17.9 Å². The van der Waals surface area contributed by atoms with Crippen LogP contribution in [0, 0.1) is 6.92 Å². The summed E-state index contributed by atoms with van der Waals surface area (Å²) in [4.78, 5) is 19.5. The second-order valence-electron chi connectivity index (χ2n) is 4.98. The summed E-state index contributed by atoms with van der Waals surface area (Å²) in [5.74, 6) is -0.00280. The maximum atomic E-state index is 12.0. The van der Waals surface area contributed by atoms with E-state index in [1.54, 1.807) is 0 Å². The maximum absolute atomic E-state index is 12.0. The van der Waals surface area contributed by atoms with E-state index >= 15 is 0 Å². The summed E-state index contributed by atoms with van der Waals surface area (Å²) < 4.78 is 0. The number of thiazole rings is 1. The van der Waals surface area contributed by atoms with Crippen molar-refractivity contribution >= 4 is 28.1 Å². The Balaban J connectivity index is 1.55. The molecular formula is C14H16N4OS. The number of nitrogens with zero attached hydrogens (tertiary/aromatic N) is 2. The van der Waals surface area contributed by atoms with Crippen molar-refractivity contribution in [3.05, 3.63) is 40.4 Å². The minimum atomic E-state index is -0.00280. The van der Waals surface area contributed by atoms with Gasteiger partial charge in [-0.3, -0.25) is 9.69 Å². The first kappa shape index (κ1) is 13.1. The largest absolute Gasteiger partial charge is 0.375 e. The van der Waals surface area contributed by atoms with Gasteiger partial charge in [0.2, 0.25) is 5.91 Å². The Labute approximate surface area is 121 Å². The van der Waals surface area contributed by atoms with Crippen LogP contribution in [0.5, 0.6) is 0 Å². The number of amides is 1. The molecule has 1 aromatic carbocycles. The molecule has 0 fully saturated rings. The van der Waals surface area contributed by atoms with Crippen molar-refractivity contribution < 1.29 is 4.79 Å². The Morgan fingerprint density at radius 3 is 2.85 bits per heavy atom. The van der Waals surface area contributed by atoms with Gasteiger partial charge in [0, 0.05) is 23.7 Å². The predicted octanol–water partition coefficient (Wildman–Crippen LogP) is 1.99. The molecule has 1 aliphatic heterocycles. The Morgan fingerprint density at radius 2 is 2.15 bits per heavy atom. The smallest absolute Gasteiger partial charge is 0.238 e. The molecule has 6 heteroatoms. The summed E-state index contributed by atoms with van der Waals surface area (Å²) in [7, 11) is 0. The summed E-state index contributed by atoms with van der Waals surface area (Å²) in [5.41, 5.74) is 8.68. The van der Waals surface area contributed by atoms with E-state index in [1.165, 1.54) is 21.8 Å². The molecule has 0 aliphatic carbocycles. The van der Waals surface area contributed by atoms with Crippen LogP contribution in [0.25, 0.3) is 0 Å². The summed E-state index contributed by atoms with van der Waals surface area (Å²) in [5, 5.41) is 3.51. The van der Waals surface area contributed by atoms with Crippen molar-refractivity contribution in [1.82, 2.24) is 9.88 Å². The molecule has 5 nitrogen and oxygen atoms in total. The van der Waals surface area contributed by atoms with Crippen molar-refractivity contribution in [3.63, 3.8) is 0 Å². The molecule has 1 aliphatic rings. The number of fused-ring (bicyclic) bond motifs is 1. The van der Waals surface area contributed by atoms with Crippen LogP contribution in [0.2, 0.25) is 0 Å². The van der Waals surface area contributed by atoms with Gasteiger partial charge in [0.25, 0.3) is 0 Å². The number of hydrogen-bond acceptors (Lipinski definition) is 5. The van der Waals surface area contributed by atoms with E-state index < -0.39 is 0 Å². The van der Waals surface area contributed by atoms with Crippen LogP contribution in [0.1, 0.15) is 16.1 Å². The molecule has 1 amide bonds. The highest BCUT2D eigenvalue weighted by Gasteiger charge is 2.24. The molecule has 2 aromatic rings. The molecule has 0 saturated carbocycles. The van der Waals surface area contributed by atoms with Gasteiger partial charge >= 0.3 is 0 Å². The van der Waals surface area contributed by atoms with Gasteiger partial charge in [0.15, 0.2) is 5.13 Å². The molecular weight excluding hydrogens is 272 g/mol. The first-order chi connectivity index (χ1) is 9.60. The van der Waals surface area contributed by atoms with Crippen LogP contribution < -0.4 is 11.1 Å². The highest BCUT2D eigenvalue weighted by Crippen LogP contribution is 2.28. The Hall–Kier alpha value is -1.92. The summed E-state index contributed by atoms with van der Waals surface area (Å²) in [6.07, 6.45) is 0. The number of aromatic nitrogens is 1. The monoisotopic (exact) mass is 288 g/mol. The number of rotatable bonds is 3. The third-order valence-electron chi connectivity index (χ3n) is 3.24. The van der Waals surface area contributed by atoms with Crippen LogP contribution in [-0.4, -0.2) is 22.3 Å². The minimum Gasteiger partial charge on any atom is -0.375 e. The number of nitrogens with two attached hydrogens (primary N) is 1. The minimum absolute atomic E-state index is 0.00280. The van der Waals surface area contributed by atoms with Gasteiger partial charge in [-0.15, -0.1) is 11.3 Å². The highest BCUT2D eigenvalue weighted by atomic mass is 32.1. The van der Waals surface area contributed by atoms with Gasteiger partial charge < -0.3 is 11.1 Å². The number of hydrogen-bond donors (Lipinski definition) is 2. The van der Waals surface area contributed by atoms with Crippen molar-refractivity contribution in [3.8, 4) is 0 Å². The zero-order chi connectivity index (χ0) is 14.1. The first-order valence-corrected chi connectivity index (χ1v) is 7.25. The summed E-state index contributed by atoms with van der Waals surface area (Å²) >= 11 is 1.51. The zero-order valence-corrected chi connectivity index (χ0v) is 12.0. The highest BCUT2D eigenvalue weighted by molar-refractivity contribution is 7.15. The molecule has 3 rings (SSSR count). The van der Waals surface area contributed by atoms with Crippen LogP contribution in [0.4, 0.5) is 10.8 Å². The lowest BCUT2D eigenvalue weighted by Gasteiger charge is -2.14. The fraction of sp³-hybridized carbons (Fsp3) is 0.286. The van der Waals surface area contributed by atoms with Gasteiger partial charge in [-0.1, -0.05) is 17.7 Å². The molecule has 104 valence electrons. The van der Waals surface area contributed by atoms with Crippen molar-refractivity contribution in [2.24, 2.45) is 0 Å². The van der Waals surface area contributed by atoms with E-state index in [1.807, 2.05) is 31.2 Å². The molecule has 1 aromatic heterocycles. The zero-order valence-electron chi connectivity index (χ0n) is 11.2. The molecule has 0 radical (unpaired) electrons. The van der Waals surface area contributed by atoms with Gasteiger partial charge in [-0.2, -0.15) is 0 Å². The fourth-order valence-electron chi connectivity index (χ4n) is 2.27. The number of aryl methyl sites for hydroxylation is 1. The number of carbonyl (C=O) groups excluding carboxylic acids is 1. The Kier molecular flexibility index (Phi) is 3.42. The molecule has 0 unspecified atom stereocenters. The number of carbonyl (C=O) groups is 1. The normalized spacial score (nSPS) is 14.2. The topological polar surface area (TPSA) is 71.2 Å². The molecule has 0 bridgehead atoms. The lowest BCUT2D eigenvalue weighted by Crippen LogP contribution is -2.29. The molecule has 0 spiro atoms. The van der Waals surface area contributed by atoms with Crippen LogP contribution in [0.3, 0.4) is 0 Å². The second kappa shape index (κ2) is 5.22. The first-order valence-electron chi connectivity index (χ1n) is 6.43. The molecule has 3 N–H and O–H groups in total. The van der Waals surface area contributed by atoms with E-state index in [0.29, 0.717) is 18.2 Å². The van der Waals surface area contributed by atoms with Gasteiger partial charge in [-0.25, -0.2) is 4.98 Å². The molecule has 0 atom stereocenters. The van der Waals surface area contributed by atoms with E-state index in [-0.39, 0.29) is 5.91 Å². The number of nitrogens with one attached hydrogen (secondary N) is 1. The lowest BCUT2D eigenvalue weighted by atomic mass is 10.2. The van der Waals surface area contributed by atoms with Crippen LogP contribution >= 0.6 is 11.3 Å². The van der Waals surface area contributed by atoms with Crippen molar-refractivity contribution in [2.45, 2.75) is 20.0 Å². The molecule has 20 heavy (non-hydrogen) atoms. The van der Waals surface area contributed by atoms with E-state index in [9.17, 15) is 4.79 Å². The average molecular weight is 288 g/mol. The van der Waals surface area contributed by atoms with Crippen molar-refractivity contribution in [1.29, 1.82) is 0 Å². The van der Waals surface area contributed by atoms with Gasteiger partial charge in [-0.05, 0) is 19.1 Å². The number of nitrogen functional groups attached to an aromatic ring is 1. The number of benzene rings is 1. The Bertz CT molecular complexity index is 612. The van der Waals surface area contributed by atoms with Gasteiger partial charge in [0.1, 0.15) is 0 Å². The van der Waals surface area contributed by atoms with Crippen LogP contribution in [0.15, 0.2) is 24.3 Å². The predicted molar refractivity (Wildman–Crippen MR) is 80.4 cm³/mol. The van der Waals surface area contributed by atoms with E-state index in [4.69, 9.17) is 5.73 Å². The van der Waals surface area contributed by atoms with Crippen LogP contribution in [-0.2, 0) is 17.9 Å². The third-order valence-corrected chi connectivity index (χ3v) is 4.15. The Morgan fingerprint density at radius 1 is 1.40 bits per heavy atom. The SMILES string of the molecule is Cc1ccc(NC(=O)CN2Cc3nc(N)sc3C2)cc1. The maximum Gasteiger partial charge on any atom is 0.238 e. The number of anilines is 2. The van der Waals surface area contributed by atoms with Gasteiger partial charge in [0.05, 0.1) is 12.2 Å². The molecule has 0 saturated heterocycles. The second-order valence-corrected chi connectivity index (χ2v) is 6.10. The van der Waals surface area contributed by atoms with E-state index in [2.05, 4.69) is 15.2 Å². The molecule has 2 heterocycles. The quantitative estimate of drug-likeness (QED) is 0.906.